The maximum atomic E-state index is 11.0. The Bertz CT molecular complexity index is 268. The summed E-state index contributed by atoms with van der Waals surface area (Å²) in [5.41, 5.74) is 3.81. The van der Waals surface area contributed by atoms with Crippen molar-refractivity contribution in [1.29, 1.82) is 0 Å². The molecule has 3 atom stereocenters. The number of hydrogen-bond acceptors (Lipinski definition) is 3. The minimum Gasteiger partial charge on any atom is -0.480 e. The minimum absolute atomic E-state index is 0.214. The second-order valence-corrected chi connectivity index (χ2v) is 5.03. The van der Waals surface area contributed by atoms with Gasteiger partial charge in [-0.2, -0.15) is 0 Å². The van der Waals surface area contributed by atoms with E-state index in [1.165, 1.54) is 0 Å². The Morgan fingerprint density at radius 3 is 2.71 bits per heavy atom. The van der Waals surface area contributed by atoms with Gasteiger partial charge in [0.1, 0.15) is 5.54 Å². The zero-order valence-electron chi connectivity index (χ0n) is 8.20. The lowest BCUT2D eigenvalue weighted by Crippen LogP contribution is -2.59. The number of nitrogens with two attached hydrogens (primary N) is 1. The molecule has 0 amide bonds. The van der Waals surface area contributed by atoms with Crippen LogP contribution in [0.3, 0.4) is 0 Å². The molecule has 0 aromatic heterocycles. The van der Waals surface area contributed by atoms with Gasteiger partial charge in [-0.3, -0.25) is 4.79 Å². The third-order valence-electron chi connectivity index (χ3n) is 3.65. The smallest absolute Gasteiger partial charge is 0.323 e. The van der Waals surface area contributed by atoms with Crippen LogP contribution >= 0.6 is 0 Å². The Morgan fingerprint density at radius 1 is 1.43 bits per heavy atom. The van der Waals surface area contributed by atoms with Gasteiger partial charge in [-0.15, -0.1) is 0 Å². The van der Waals surface area contributed by atoms with Crippen molar-refractivity contribution in [2.45, 2.75) is 49.7 Å². The molecular weight excluding hydrogens is 182 g/mol. The normalized spacial score (nSPS) is 47.4. The highest BCUT2D eigenvalue weighted by molar-refractivity contribution is 5.78. The first-order valence-corrected chi connectivity index (χ1v) is 5.18. The summed E-state index contributed by atoms with van der Waals surface area (Å²) in [6.45, 7) is 0. The van der Waals surface area contributed by atoms with Gasteiger partial charge in [-0.1, -0.05) is 12.8 Å². The second-order valence-electron chi connectivity index (χ2n) is 5.03. The molecule has 0 heterocycles. The number of fused-ring (bicyclic) bond motifs is 2. The zero-order valence-corrected chi connectivity index (χ0v) is 8.20. The molecule has 4 N–H and O–H groups in total. The Kier molecular flexibility index (Phi) is 2.08. The van der Waals surface area contributed by atoms with Gasteiger partial charge in [0.25, 0.3) is 0 Å². The molecular formula is C10H17NO3. The molecule has 0 radical (unpaired) electrons. The largest absolute Gasteiger partial charge is 0.480 e. The van der Waals surface area contributed by atoms with Gasteiger partial charge in [-0.05, 0) is 25.2 Å². The maximum absolute atomic E-state index is 11.0. The molecule has 14 heavy (non-hydrogen) atoms. The standard InChI is InChI=1S/C10H17NO3/c11-10(8(12)13)5-7-2-1-3-9(14,4-7)6-10/h7,14H,1-6,11H2,(H,12,13). The van der Waals surface area contributed by atoms with E-state index >= 15 is 0 Å². The lowest BCUT2D eigenvalue weighted by atomic mass is 9.62. The zero-order chi connectivity index (χ0) is 10.4. The highest BCUT2D eigenvalue weighted by Crippen LogP contribution is 2.46. The molecule has 2 bridgehead atoms. The lowest BCUT2D eigenvalue weighted by Gasteiger charge is -2.47. The van der Waals surface area contributed by atoms with Crippen LogP contribution in [-0.2, 0) is 4.79 Å². The molecule has 0 aromatic rings. The van der Waals surface area contributed by atoms with Crippen LogP contribution in [0.25, 0.3) is 0 Å². The van der Waals surface area contributed by atoms with Gasteiger partial charge < -0.3 is 15.9 Å². The average Bonchev–Trinajstić information content (AvgIpc) is 2.00. The van der Waals surface area contributed by atoms with E-state index < -0.39 is 17.1 Å². The van der Waals surface area contributed by atoms with Gasteiger partial charge >= 0.3 is 5.97 Å². The Balaban J connectivity index is 2.22. The van der Waals surface area contributed by atoms with E-state index in [2.05, 4.69) is 0 Å². The highest BCUT2D eigenvalue weighted by Gasteiger charge is 2.51. The van der Waals surface area contributed by atoms with Crippen molar-refractivity contribution in [2.75, 3.05) is 0 Å². The quantitative estimate of drug-likeness (QED) is 0.573. The number of rotatable bonds is 1. The fourth-order valence-electron chi connectivity index (χ4n) is 3.13. The van der Waals surface area contributed by atoms with Gasteiger partial charge in [0.2, 0.25) is 0 Å². The van der Waals surface area contributed by atoms with E-state index in [0.29, 0.717) is 18.8 Å². The van der Waals surface area contributed by atoms with Crippen molar-refractivity contribution < 1.29 is 15.0 Å². The average molecular weight is 199 g/mol. The van der Waals surface area contributed by atoms with Crippen LogP contribution in [0.2, 0.25) is 0 Å². The maximum Gasteiger partial charge on any atom is 0.323 e. The number of carboxylic acid groups (broad SMARTS) is 1. The van der Waals surface area contributed by atoms with Gasteiger partial charge in [0.15, 0.2) is 0 Å². The van der Waals surface area contributed by atoms with Crippen LogP contribution in [0, 0.1) is 5.92 Å². The van der Waals surface area contributed by atoms with Gasteiger partial charge in [0, 0.05) is 6.42 Å². The second kappa shape index (κ2) is 2.94. The molecule has 0 aromatic carbocycles. The van der Waals surface area contributed by atoms with Crippen LogP contribution < -0.4 is 5.73 Å². The highest BCUT2D eigenvalue weighted by atomic mass is 16.4. The first-order chi connectivity index (χ1) is 6.44. The van der Waals surface area contributed by atoms with Crippen molar-refractivity contribution in [2.24, 2.45) is 11.7 Å². The molecule has 3 unspecified atom stereocenters. The monoisotopic (exact) mass is 199 g/mol. The predicted molar refractivity (Wildman–Crippen MR) is 50.7 cm³/mol. The van der Waals surface area contributed by atoms with Crippen LogP contribution in [0.1, 0.15) is 38.5 Å². The summed E-state index contributed by atoms with van der Waals surface area (Å²) in [5.74, 6) is -0.675. The number of aliphatic carboxylic acids is 1. The lowest BCUT2D eigenvalue weighted by molar-refractivity contribution is -0.154. The number of hydrogen-bond donors (Lipinski definition) is 3. The number of carboxylic acids is 1. The fourth-order valence-corrected chi connectivity index (χ4v) is 3.13. The SMILES string of the molecule is NC1(C(=O)O)CC2CCCC(O)(C2)C1. The topological polar surface area (TPSA) is 83.6 Å². The van der Waals surface area contributed by atoms with Crippen molar-refractivity contribution in [3.63, 3.8) is 0 Å². The van der Waals surface area contributed by atoms with Crippen LogP contribution in [-0.4, -0.2) is 27.3 Å². The first kappa shape index (κ1) is 9.93. The van der Waals surface area contributed by atoms with E-state index in [1.54, 1.807) is 0 Å². The van der Waals surface area contributed by atoms with Crippen molar-refractivity contribution in [3.05, 3.63) is 0 Å². The third-order valence-corrected chi connectivity index (χ3v) is 3.65. The predicted octanol–water partition coefficient (Wildman–Crippen LogP) is 0.484. The van der Waals surface area contributed by atoms with Crippen LogP contribution in [0.5, 0.6) is 0 Å². The summed E-state index contributed by atoms with van der Waals surface area (Å²) in [6, 6.07) is 0. The van der Waals surface area contributed by atoms with E-state index in [9.17, 15) is 9.90 Å². The molecule has 0 saturated heterocycles. The molecule has 2 saturated carbocycles. The molecule has 2 aliphatic carbocycles. The van der Waals surface area contributed by atoms with Crippen molar-refractivity contribution >= 4 is 5.97 Å². The molecule has 4 heteroatoms. The Morgan fingerprint density at radius 2 is 2.14 bits per heavy atom. The van der Waals surface area contributed by atoms with Gasteiger partial charge in [0.05, 0.1) is 5.60 Å². The molecule has 0 spiro atoms. The van der Waals surface area contributed by atoms with E-state index in [4.69, 9.17) is 10.8 Å². The fraction of sp³-hybridized carbons (Fsp3) is 0.900. The third kappa shape index (κ3) is 1.53. The molecule has 80 valence electrons. The summed E-state index contributed by atoms with van der Waals surface area (Å²) in [6.07, 6.45) is 4.18. The summed E-state index contributed by atoms with van der Waals surface area (Å²) in [4.78, 5) is 11.0. The molecule has 2 fully saturated rings. The summed E-state index contributed by atoms with van der Waals surface area (Å²) < 4.78 is 0. The summed E-state index contributed by atoms with van der Waals surface area (Å²) >= 11 is 0. The first-order valence-electron chi connectivity index (χ1n) is 5.18. The Labute approximate surface area is 83.1 Å². The number of aliphatic hydroxyl groups is 1. The summed E-state index contributed by atoms with van der Waals surface area (Å²) in [7, 11) is 0. The van der Waals surface area contributed by atoms with Crippen molar-refractivity contribution in [1.82, 2.24) is 0 Å². The van der Waals surface area contributed by atoms with Crippen LogP contribution in [0.4, 0.5) is 0 Å². The minimum atomic E-state index is -1.20. The van der Waals surface area contributed by atoms with E-state index in [-0.39, 0.29) is 6.42 Å². The molecule has 2 aliphatic rings. The van der Waals surface area contributed by atoms with Gasteiger partial charge in [-0.25, -0.2) is 0 Å². The van der Waals surface area contributed by atoms with E-state index in [0.717, 1.165) is 19.3 Å². The van der Waals surface area contributed by atoms with Crippen molar-refractivity contribution in [3.8, 4) is 0 Å². The number of carbonyl (C=O) groups is 1. The Hall–Kier alpha value is -0.610. The van der Waals surface area contributed by atoms with E-state index in [1.807, 2.05) is 0 Å². The molecule has 0 aliphatic heterocycles. The molecule has 4 nitrogen and oxygen atoms in total. The van der Waals surface area contributed by atoms with Crippen LogP contribution in [0.15, 0.2) is 0 Å². The summed E-state index contributed by atoms with van der Waals surface area (Å²) in [5, 5.41) is 19.2. The molecule has 2 rings (SSSR count).